The van der Waals surface area contributed by atoms with Gasteiger partial charge >= 0.3 is 0 Å². The van der Waals surface area contributed by atoms with Crippen LogP contribution in [-0.4, -0.2) is 19.3 Å². The van der Waals surface area contributed by atoms with Gasteiger partial charge in [-0.3, -0.25) is 0 Å². The maximum Gasteiger partial charge on any atom is 0.145 e. The zero-order valence-electron chi connectivity index (χ0n) is 8.21. The number of halogens is 2. The average molecular weight is 231 g/mol. The van der Waals surface area contributed by atoms with E-state index in [9.17, 15) is 4.39 Å². The largest absolute Gasteiger partial charge is 0.491 e. The molecule has 2 rings (SSSR count). The number of ether oxygens (including phenoxy) is 2. The number of rotatable bonds is 3. The van der Waals surface area contributed by atoms with Crippen LogP contribution in [0.5, 0.6) is 5.75 Å². The van der Waals surface area contributed by atoms with Crippen molar-refractivity contribution < 1.29 is 13.9 Å². The molecule has 1 aromatic rings. The Hall–Kier alpha value is -0.800. The van der Waals surface area contributed by atoms with Crippen molar-refractivity contribution in [2.45, 2.75) is 18.9 Å². The molecule has 15 heavy (non-hydrogen) atoms. The molecule has 0 N–H and O–H groups in total. The van der Waals surface area contributed by atoms with E-state index in [0.717, 1.165) is 19.4 Å². The number of hydrogen-bond donors (Lipinski definition) is 0. The Morgan fingerprint density at radius 1 is 1.53 bits per heavy atom. The van der Waals surface area contributed by atoms with Crippen LogP contribution in [0.3, 0.4) is 0 Å². The summed E-state index contributed by atoms with van der Waals surface area (Å²) < 4.78 is 23.8. The molecule has 1 atom stereocenters. The van der Waals surface area contributed by atoms with Crippen molar-refractivity contribution in [2.75, 3.05) is 13.2 Å². The van der Waals surface area contributed by atoms with E-state index < -0.39 is 5.82 Å². The Labute approximate surface area is 92.9 Å². The molecule has 1 aliphatic heterocycles. The van der Waals surface area contributed by atoms with Crippen LogP contribution in [0.2, 0.25) is 5.02 Å². The number of hydrogen-bond acceptors (Lipinski definition) is 2. The lowest BCUT2D eigenvalue weighted by Crippen LogP contribution is -2.16. The van der Waals surface area contributed by atoms with Crippen molar-refractivity contribution in [1.82, 2.24) is 0 Å². The van der Waals surface area contributed by atoms with Crippen molar-refractivity contribution >= 4 is 11.6 Å². The Morgan fingerprint density at radius 3 is 3.07 bits per heavy atom. The molecule has 0 aromatic heterocycles. The van der Waals surface area contributed by atoms with E-state index in [1.165, 1.54) is 12.1 Å². The van der Waals surface area contributed by atoms with Crippen LogP contribution in [0.1, 0.15) is 12.8 Å². The molecule has 0 bridgehead atoms. The molecule has 1 aliphatic rings. The molecule has 0 amide bonds. The Kier molecular flexibility index (Phi) is 3.44. The molecule has 1 saturated heterocycles. The van der Waals surface area contributed by atoms with E-state index in [0.29, 0.717) is 12.4 Å². The van der Waals surface area contributed by atoms with Gasteiger partial charge in [-0.25, -0.2) is 4.39 Å². The molecule has 4 heteroatoms. The molecule has 1 unspecified atom stereocenters. The van der Waals surface area contributed by atoms with E-state index in [2.05, 4.69) is 0 Å². The molecule has 0 radical (unpaired) electrons. The van der Waals surface area contributed by atoms with Gasteiger partial charge in [-0.2, -0.15) is 0 Å². The van der Waals surface area contributed by atoms with Crippen molar-refractivity contribution in [3.63, 3.8) is 0 Å². The highest BCUT2D eigenvalue weighted by molar-refractivity contribution is 6.30. The Bertz CT molecular complexity index is 337. The minimum absolute atomic E-state index is 0.111. The van der Waals surface area contributed by atoms with Crippen LogP contribution in [0.4, 0.5) is 4.39 Å². The van der Waals surface area contributed by atoms with Gasteiger partial charge in [-0.15, -0.1) is 0 Å². The second-order valence-corrected chi connectivity index (χ2v) is 3.93. The lowest BCUT2D eigenvalue weighted by Gasteiger charge is -2.11. The summed E-state index contributed by atoms with van der Waals surface area (Å²) >= 11 is 5.55. The van der Waals surface area contributed by atoms with Gasteiger partial charge in [0.05, 0.1) is 11.1 Å². The normalized spacial score (nSPS) is 20.5. The fraction of sp³-hybridized carbons (Fsp3) is 0.455. The highest BCUT2D eigenvalue weighted by Crippen LogP contribution is 2.21. The van der Waals surface area contributed by atoms with Gasteiger partial charge in [0.15, 0.2) is 0 Å². The Morgan fingerprint density at radius 2 is 2.40 bits per heavy atom. The van der Waals surface area contributed by atoms with Gasteiger partial charge in [0.1, 0.15) is 18.2 Å². The predicted molar refractivity (Wildman–Crippen MR) is 55.9 cm³/mol. The first-order chi connectivity index (χ1) is 7.25. The molecule has 2 nitrogen and oxygen atoms in total. The summed E-state index contributed by atoms with van der Waals surface area (Å²) in [6.07, 6.45) is 2.22. The average Bonchev–Trinajstić information content (AvgIpc) is 2.73. The SMILES string of the molecule is Fc1cc(OCC2CCCO2)ccc1Cl. The first-order valence-corrected chi connectivity index (χ1v) is 5.33. The van der Waals surface area contributed by atoms with Crippen LogP contribution in [0.15, 0.2) is 18.2 Å². The smallest absolute Gasteiger partial charge is 0.145 e. The lowest BCUT2D eigenvalue weighted by atomic mass is 10.2. The summed E-state index contributed by atoms with van der Waals surface area (Å²) in [4.78, 5) is 0. The minimum atomic E-state index is -0.457. The quantitative estimate of drug-likeness (QED) is 0.795. The molecule has 1 heterocycles. The lowest BCUT2D eigenvalue weighted by molar-refractivity contribution is 0.0678. The maximum atomic E-state index is 13.0. The van der Waals surface area contributed by atoms with Gasteiger partial charge in [0.2, 0.25) is 0 Å². The third kappa shape index (κ3) is 2.83. The molecular weight excluding hydrogens is 219 g/mol. The fourth-order valence-corrected chi connectivity index (χ4v) is 1.65. The van der Waals surface area contributed by atoms with Crippen LogP contribution in [0.25, 0.3) is 0 Å². The van der Waals surface area contributed by atoms with E-state index in [1.807, 2.05) is 0 Å². The van der Waals surface area contributed by atoms with Crippen LogP contribution >= 0.6 is 11.6 Å². The summed E-state index contributed by atoms with van der Waals surface area (Å²) in [6.45, 7) is 1.27. The first-order valence-electron chi connectivity index (χ1n) is 4.95. The molecular formula is C11H12ClFO2. The maximum absolute atomic E-state index is 13.0. The zero-order valence-corrected chi connectivity index (χ0v) is 8.97. The molecule has 0 spiro atoms. The second kappa shape index (κ2) is 4.81. The molecule has 82 valence electrons. The van der Waals surface area contributed by atoms with Crippen molar-refractivity contribution in [3.05, 3.63) is 29.0 Å². The van der Waals surface area contributed by atoms with E-state index in [-0.39, 0.29) is 11.1 Å². The minimum Gasteiger partial charge on any atom is -0.491 e. The summed E-state index contributed by atoms with van der Waals surface area (Å²) in [7, 11) is 0. The van der Waals surface area contributed by atoms with Crippen LogP contribution in [-0.2, 0) is 4.74 Å². The first kappa shape index (κ1) is 10.7. The molecule has 0 saturated carbocycles. The monoisotopic (exact) mass is 230 g/mol. The van der Waals surface area contributed by atoms with Crippen LogP contribution < -0.4 is 4.74 Å². The summed E-state index contributed by atoms with van der Waals surface area (Å²) in [5, 5.41) is 0.111. The van der Waals surface area contributed by atoms with Crippen molar-refractivity contribution in [3.8, 4) is 5.75 Å². The Balaban J connectivity index is 1.90. The summed E-state index contributed by atoms with van der Waals surface area (Å²) in [5.41, 5.74) is 0. The molecule has 0 aliphatic carbocycles. The summed E-state index contributed by atoms with van der Waals surface area (Å²) in [6, 6.07) is 4.43. The van der Waals surface area contributed by atoms with E-state index in [4.69, 9.17) is 21.1 Å². The second-order valence-electron chi connectivity index (χ2n) is 3.52. The van der Waals surface area contributed by atoms with Gasteiger partial charge < -0.3 is 9.47 Å². The van der Waals surface area contributed by atoms with Crippen LogP contribution in [0, 0.1) is 5.82 Å². The highest BCUT2D eigenvalue weighted by Gasteiger charge is 2.16. The zero-order chi connectivity index (χ0) is 10.7. The van der Waals surface area contributed by atoms with Gasteiger partial charge in [0, 0.05) is 12.7 Å². The van der Waals surface area contributed by atoms with E-state index in [1.54, 1.807) is 6.07 Å². The fourth-order valence-electron chi connectivity index (χ4n) is 1.53. The van der Waals surface area contributed by atoms with Crippen molar-refractivity contribution in [1.29, 1.82) is 0 Å². The van der Waals surface area contributed by atoms with E-state index >= 15 is 0 Å². The summed E-state index contributed by atoms with van der Waals surface area (Å²) in [5.74, 6) is 0.0360. The number of benzene rings is 1. The standard InChI is InChI=1S/C11H12ClFO2/c12-10-4-3-8(6-11(10)13)15-7-9-2-1-5-14-9/h3-4,6,9H,1-2,5,7H2. The predicted octanol–water partition coefficient (Wildman–Crippen LogP) is 3.04. The molecule has 1 fully saturated rings. The molecule has 1 aromatic carbocycles. The van der Waals surface area contributed by atoms with Gasteiger partial charge in [-0.05, 0) is 25.0 Å². The van der Waals surface area contributed by atoms with Crippen molar-refractivity contribution in [2.24, 2.45) is 0 Å². The third-order valence-electron chi connectivity index (χ3n) is 2.35. The highest BCUT2D eigenvalue weighted by atomic mass is 35.5. The topological polar surface area (TPSA) is 18.5 Å². The van der Waals surface area contributed by atoms with Gasteiger partial charge in [-0.1, -0.05) is 11.6 Å². The third-order valence-corrected chi connectivity index (χ3v) is 2.66. The van der Waals surface area contributed by atoms with Gasteiger partial charge in [0.25, 0.3) is 0 Å².